The maximum absolute atomic E-state index is 5.70. The fourth-order valence-electron chi connectivity index (χ4n) is 1.89. The Morgan fingerprint density at radius 1 is 0.542 bits per heavy atom. The summed E-state index contributed by atoms with van der Waals surface area (Å²) in [5, 5.41) is 0. The lowest BCUT2D eigenvalue weighted by Crippen LogP contribution is -2.21. The molecule has 0 saturated carbocycles. The average molecular weight is 350 g/mol. The first kappa shape index (κ1) is 23.8. The van der Waals surface area contributed by atoms with E-state index in [0.29, 0.717) is 59.5 Å². The van der Waals surface area contributed by atoms with Gasteiger partial charge in [0.15, 0.2) is 6.29 Å². The Morgan fingerprint density at radius 3 is 1.71 bits per heavy atom. The van der Waals surface area contributed by atoms with Crippen LogP contribution in [0, 0.1) is 0 Å². The first-order chi connectivity index (χ1) is 11.8. The Balaban J connectivity index is 3.44. The molecule has 6 heteroatoms. The molecule has 0 aromatic carbocycles. The van der Waals surface area contributed by atoms with E-state index in [4.69, 9.17) is 28.4 Å². The highest BCUT2D eigenvalue weighted by molar-refractivity contribution is 4.48. The molecule has 0 N–H and O–H groups in total. The summed E-state index contributed by atoms with van der Waals surface area (Å²) in [6.07, 6.45) is 3.60. The van der Waals surface area contributed by atoms with E-state index in [9.17, 15) is 0 Å². The molecule has 0 aliphatic heterocycles. The maximum Gasteiger partial charge on any atom is 0.157 e. The van der Waals surface area contributed by atoms with E-state index in [1.807, 2.05) is 6.92 Å². The van der Waals surface area contributed by atoms with Crippen LogP contribution in [-0.2, 0) is 28.4 Å². The van der Waals surface area contributed by atoms with Crippen LogP contribution in [0.15, 0.2) is 0 Å². The van der Waals surface area contributed by atoms with Gasteiger partial charge >= 0.3 is 0 Å². The number of hydrogen-bond donors (Lipinski definition) is 0. The second-order valence-electron chi connectivity index (χ2n) is 5.35. The van der Waals surface area contributed by atoms with E-state index in [1.165, 1.54) is 0 Å². The van der Waals surface area contributed by atoms with E-state index in [-0.39, 0.29) is 6.29 Å². The summed E-state index contributed by atoms with van der Waals surface area (Å²) in [5.41, 5.74) is 0. The third-order valence-corrected chi connectivity index (χ3v) is 3.06. The average Bonchev–Trinajstić information content (AvgIpc) is 2.60. The van der Waals surface area contributed by atoms with Crippen molar-refractivity contribution in [2.24, 2.45) is 0 Å². The van der Waals surface area contributed by atoms with Gasteiger partial charge in [-0.1, -0.05) is 13.8 Å². The molecule has 1 unspecified atom stereocenters. The van der Waals surface area contributed by atoms with Crippen molar-refractivity contribution in [1.29, 1.82) is 0 Å². The van der Waals surface area contributed by atoms with Gasteiger partial charge in [-0.15, -0.1) is 0 Å². The molecule has 0 aliphatic carbocycles. The summed E-state index contributed by atoms with van der Waals surface area (Å²) in [5.74, 6) is 0. The van der Waals surface area contributed by atoms with Gasteiger partial charge in [0.2, 0.25) is 0 Å². The lowest BCUT2D eigenvalue weighted by Gasteiger charge is -2.18. The van der Waals surface area contributed by atoms with Crippen molar-refractivity contribution in [3.05, 3.63) is 0 Å². The predicted octanol–water partition coefficient (Wildman–Crippen LogP) is 3.03. The van der Waals surface area contributed by atoms with Crippen LogP contribution in [0.1, 0.15) is 46.5 Å². The second kappa shape index (κ2) is 20.8. The molecule has 0 rings (SSSR count). The molecule has 0 fully saturated rings. The van der Waals surface area contributed by atoms with Gasteiger partial charge in [-0.25, -0.2) is 0 Å². The minimum Gasteiger partial charge on any atom is -0.379 e. The monoisotopic (exact) mass is 350 g/mol. The normalized spacial score (nSPS) is 12.6. The summed E-state index contributed by atoms with van der Waals surface area (Å²) in [6, 6.07) is 0. The van der Waals surface area contributed by atoms with Crippen LogP contribution in [0.25, 0.3) is 0 Å². The zero-order valence-electron chi connectivity index (χ0n) is 15.9. The topological polar surface area (TPSA) is 55.4 Å². The van der Waals surface area contributed by atoms with Crippen molar-refractivity contribution in [3.63, 3.8) is 0 Å². The fourth-order valence-corrected chi connectivity index (χ4v) is 1.89. The number of hydrogen-bond acceptors (Lipinski definition) is 6. The quantitative estimate of drug-likeness (QED) is 0.248. The molecule has 0 radical (unpaired) electrons. The van der Waals surface area contributed by atoms with Crippen molar-refractivity contribution >= 4 is 0 Å². The highest BCUT2D eigenvalue weighted by atomic mass is 16.7. The SMILES string of the molecule is CCCOCCOCCOCCCC(OCCC)OCCOCC. The van der Waals surface area contributed by atoms with Crippen LogP contribution < -0.4 is 0 Å². The summed E-state index contributed by atoms with van der Waals surface area (Å²) >= 11 is 0. The number of ether oxygens (including phenoxy) is 6. The molecule has 146 valence electrons. The van der Waals surface area contributed by atoms with Crippen molar-refractivity contribution in [1.82, 2.24) is 0 Å². The Kier molecular flexibility index (Phi) is 20.6. The van der Waals surface area contributed by atoms with E-state index < -0.39 is 0 Å². The summed E-state index contributed by atoms with van der Waals surface area (Å²) < 4.78 is 33.0. The van der Waals surface area contributed by atoms with Crippen molar-refractivity contribution in [2.75, 3.05) is 66.1 Å². The van der Waals surface area contributed by atoms with Gasteiger partial charge < -0.3 is 28.4 Å². The van der Waals surface area contributed by atoms with Gasteiger partial charge in [0, 0.05) is 32.8 Å². The van der Waals surface area contributed by atoms with Crippen LogP contribution >= 0.6 is 0 Å². The standard InChI is InChI=1S/C18H38O6/c1-4-9-20-12-14-22-15-13-21-11-7-8-18(23-10-5-2)24-17-16-19-6-3/h18H,4-17H2,1-3H3. The summed E-state index contributed by atoms with van der Waals surface area (Å²) in [7, 11) is 0. The molecular weight excluding hydrogens is 312 g/mol. The van der Waals surface area contributed by atoms with Gasteiger partial charge in [0.25, 0.3) is 0 Å². The highest BCUT2D eigenvalue weighted by Gasteiger charge is 2.08. The van der Waals surface area contributed by atoms with Gasteiger partial charge in [-0.05, 0) is 26.2 Å². The smallest absolute Gasteiger partial charge is 0.157 e. The first-order valence-corrected chi connectivity index (χ1v) is 9.39. The molecule has 0 amide bonds. The van der Waals surface area contributed by atoms with E-state index in [0.717, 1.165) is 32.3 Å². The Bertz CT molecular complexity index is 228. The molecule has 0 bridgehead atoms. The van der Waals surface area contributed by atoms with E-state index in [1.54, 1.807) is 0 Å². The van der Waals surface area contributed by atoms with Crippen LogP contribution in [0.3, 0.4) is 0 Å². The third-order valence-electron chi connectivity index (χ3n) is 3.06. The first-order valence-electron chi connectivity index (χ1n) is 9.39. The fraction of sp³-hybridized carbons (Fsp3) is 1.00. The molecule has 0 aromatic heterocycles. The van der Waals surface area contributed by atoms with Crippen molar-refractivity contribution in [2.45, 2.75) is 52.7 Å². The molecule has 0 aliphatic rings. The minimum atomic E-state index is -0.166. The Labute approximate surface area is 148 Å². The van der Waals surface area contributed by atoms with Gasteiger partial charge in [-0.2, -0.15) is 0 Å². The lowest BCUT2D eigenvalue weighted by atomic mass is 10.3. The molecule has 0 aromatic rings. The molecule has 0 heterocycles. The molecule has 1 atom stereocenters. The molecule has 24 heavy (non-hydrogen) atoms. The largest absolute Gasteiger partial charge is 0.379 e. The van der Waals surface area contributed by atoms with Crippen LogP contribution in [0.2, 0.25) is 0 Å². The van der Waals surface area contributed by atoms with Gasteiger partial charge in [-0.3, -0.25) is 0 Å². The van der Waals surface area contributed by atoms with Crippen molar-refractivity contribution < 1.29 is 28.4 Å². The van der Waals surface area contributed by atoms with Crippen molar-refractivity contribution in [3.8, 4) is 0 Å². The molecule has 0 spiro atoms. The van der Waals surface area contributed by atoms with Gasteiger partial charge in [0.1, 0.15) is 0 Å². The van der Waals surface area contributed by atoms with Crippen LogP contribution in [0.5, 0.6) is 0 Å². The predicted molar refractivity (Wildman–Crippen MR) is 94.5 cm³/mol. The summed E-state index contributed by atoms with van der Waals surface area (Å²) in [6.45, 7) is 12.8. The van der Waals surface area contributed by atoms with Crippen LogP contribution in [0.4, 0.5) is 0 Å². The third kappa shape index (κ3) is 18.1. The Hall–Kier alpha value is -0.240. The maximum atomic E-state index is 5.70. The Morgan fingerprint density at radius 2 is 1.08 bits per heavy atom. The lowest BCUT2D eigenvalue weighted by molar-refractivity contribution is -0.155. The van der Waals surface area contributed by atoms with E-state index in [2.05, 4.69) is 13.8 Å². The number of rotatable bonds is 20. The minimum absolute atomic E-state index is 0.166. The molecular formula is C18H38O6. The zero-order chi connectivity index (χ0) is 17.7. The van der Waals surface area contributed by atoms with Crippen LogP contribution in [-0.4, -0.2) is 72.4 Å². The highest BCUT2D eigenvalue weighted by Crippen LogP contribution is 2.06. The molecule has 0 saturated heterocycles. The van der Waals surface area contributed by atoms with E-state index >= 15 is 0 Å². The zero-order valence-corrected chi connectivity index (χ0v) is 15.9. The van der Waals surface area contributed by atoms with Gasteiger partial charge in [0.05, 0.1) is 39.6 Å². The summed E-state index contributed by atoms with van der Waals surface area (Å²) in [4.78, 5) is 0. The molecule has 6 nitrogen and oxygen atoms in total. The second-order valence-corrected chi connectivity index (χ2v) is 5.35.